The molecule has 3 amide bonds. The number of carbonyl (C=O) groups is 3. The minimum Gasteiger partial charge on any atom is -0.378 e. The topological polar surface area (TPSA) is 109 Å². The number of halogens is 4. The molecule has 270 valence electrons. The van der Waals surface area contributed by atoms with Gasteiger partial charge < -0.3 is 15.4 Å². The third kappa shape index (κ3) is 6.59. The summed E-state index contributed by atoms with van der Waals surface area (Å²) < 4.78 is 62.1. The molecule has 1 aromatic heterocycles. The Balaban J connectivity index is 1.29. The van der Waals surface area contributed by atoms with E-state index in [0.717, 1.165) is 24.6 Å². The number of hydrogen-bond donors (Lipinski definition) is 2. The molecule has 0 radical (unpaired) electrons. The number of fused-ring (bicyclic) bond motifs is 3. The van der Waals surface area contributed by atoms with Crippen molar-refractivity contribution in [1.29, 1.82) is 0 Å². The predicted octanol–water partition coefficient (Wildman–Crippen LogP) is 4.97. The Morgan fingerprint density at radius 2 is 1.71 bits per heavy atom. The van der Waals surface area contributed by atoms with Crippen LogP contribution in [0.5, 0.6) is 0 Å². The number of hydrogen-bond acceptors (Lipinski definition) is 6. The molecule has 4 unspecified atom stereocenters. The third-order valence-electron chi connectivity index (χ3n) is 9.90. The maximum atomic E-state index is 14.5. The van der Waals surface area contributed by atoms with E-state index in [1.165, 1.54) is 35.2 Å². The van der Waals surface area contributed by atoms with E-state index in [0.29, 0.717) is 53.7 Å². The number of para-hydroxylation sites is 1. The van der Waals surface area contributed by atoms with E-state index < -0.39 is 41.3 Å². The molecule has 2 saturated heterocycles. The van der Waals surface area contributed by atoms with Gasteiger partial charge in [-0.2, -0.15) is 18.3 Å². The number of ether oxygens (including phenoxy) is 1. The van der Waals surface area contributed by atoms with Gasteiger partial charge >= 0.3 is 6.18 Å². The summed E-state index contributed by atoms with van der Waals surface area (Å²) in [7, 11) is 0. The van der Waals surface area contributed by atoms with Crippen LogP contribution < -0.4 is 15.5 Å². The number of nitrogens with zero attached hydrogens (tertiary/aromatic N) is 4. The highest BCUT2D eigenvalue weighted by molar-refractivity contribution is 6.05. The maximum Gasteiger partial charge on any atom is 0.416 e. The van der Waals surface area contributed by atoms with Crippen molar-refractivity contribution in [3.8, 4) is 5.69 Å². The molecule has 3 aliphatic heterocycles. The monoisotopic (exact) mass is 716 g/mol. The highest BCUT2D eigenvalue weighted by Crippen LogP contribution is 2.44. The van der Waals surface area contributed by atoms with Gasteiger partial charge in [0.15, 0.2) is 0 Å². The summed E-state index contributed by atoms with van der Waals surface area (Å²) in [6, 6.07) is 17.5. The van der Waals surface area contributed by atoms with Crippen LogP contribution in [0.2, 0.25) is 0 Å². The first kappa shape index (κ1) is 35.1. The lowest BCUT2D eigenvalue weighted by Gasteiger charge is -2.52. The van der Waals surface area contributed by atoms with Gasteiger partial charge in [-0.25, -0.2) is 9.07 Å². The largest absolute Gasteiger partial charge is 0.416 e. The summed E-state index contributed by atoms with van der Waals surface area (Å²) in [4.78, 5) is 45.2. The highest BCUT2D eigenvalue weighted by Gasteiger charge is 2.47. The van der Waals surface area contributed by atoms with Crippen molar-refractivity contribution < 1.29 is 36.7 Å². The summed E-state index contributed by atoms with van der Waals surface area (Å²) in [6.45, 7) is 7.42. The first-order valence-electron chi connectivity index (χ1n) is 17.0. The summed E-state index contributed by atoms with van der Waals surface area (Å²) in [5, 5.41) is 10.5. The normalized spacial score (nSPS) is 21.2. The second-order valence-electron chi connectivity index (χ2n) is 13.1. The molecule has 3 aliphatic rings. The molecular formula is C38H36F4N6O4. The van der Waals surface area contributed by atoms with Crippen LogP contribution >= 0.6 is 0 Å². The fourth-order valence-electron chi connectivity index (χ4n) is 7.30. The average molecular weight is 717 g/mol. The van der Waals surface area contributed by atoms with Gasteiger partial charge in [0.2, 0.25) is 5.91 Å². The van der Waals surface area contributed by atoms with E-state index in [1.807, 2.05) is 18.2 Å². The molecule has 3 aromatic carbocycles. The number of amides is 3. The molecule has 4 atom stereocenters. The van der Waals surface area contributed by atoms with Crippen LogP contribution in [-0.2, 0) is 27.0 Å². The zero-order chi connectivity index (χ0) is 36.7. The van der Waals surface area contributed by atoms with Gasteiger partial charge in [-0.15, -0.1) is 0 Å². The zero-order valence-corrected chi connectivity index (χ0v) is 28.2. The SMILES string of the molecule is C=C(CN1C2COCC1C2)C(=O)NCc1nn(-c2ccccc2)c2c1C(c1ccc(F)cc1)C(NC(=O)c1cccc(C(F)(F)F)c1)C(=O)N2CC. The van der Waals surface area contributed by atoms with E-state index in [-0.39, 0.29) is 36.6 Å². The van der Waals surface area contributed by atoms with Gasteiger partial charge in [0.05, 0.1) is 36.7 Å². The second-order valence-corrected chi connectivity index (χ2v) is 13.1. The summed E-state index contributed by atoms with van der Waals surface area (Å²) >= 11 is 0. The minimum atomic E-state index is -4.69. The number of alkyl halides is 3. The number of aromatic nitrogens is 2. The Morgan fingerprint density at radius 3 is 2.37 bits per heavy atom. The lowest BCUT2D eigenvalue weighted by atomic mass is 9.80. The molecule has 2 bridgehead atoms. The molecule has 10 nitrogen and oxygen atoms in total. The Hall–Kier alpha value is -5.34. The first-order chi connectivity index (χ1) is 24.9. The van der Waals surface area contributed by atoms with Crippen molar-refractivity contribution in [3.63, 3.8) is 0 Å². The second kappa shape index (κ2) is 14.0. The van der Waals surface area contributed by atoms with Crippen molar-refractivity contribution in [2.75, 3.05) is 31.2 Å². The lowest BCUT2D eigenvalue weighted by molar-refractivity contribution is -0.137. The number of morpholine rings is 1. The van der Waals surface area contributed by atoms with Gasteiger partial charge in [-0.1, -0.05) is 43.0 Å². The van der Waals surface area contributed by atoms with Crippen LogP contribution in [0.3, 0.4) is 0 Å². The van der Waals surface area contributed by atoms with Gasteiger partial charge in [0.1, 0.15) is 17.7 Å². The number of likely N-dealkylation sites (N-methyl/N-ethyl adjacent to an activating group) is 1. The molecule has 4 heterocycles. The Morgan fingerprint density at radius 1 is 1.00 bits per heavy atom. The average Bonchev–Trinajstić information content (AvgIpc) is 3.52. The van der Waals surface area contributed by atoms with E-state index in [4.69, 9.17) is 9.84 Å². The van der Waals surface area contributed by atoms with Crippen LogP contribution in [0.4, 0.5) is 23.4 Å². The predicted molar refractivity (Wildman–Crippen MR) is 183 cm³/mol. The molecular weight excluding hydrogens is 680 g/mol. The molecule has 0 spiro atoms. The summed E-state index contributed by atoms with van der Waals surface area (Å²) in [6.07, 6.45) is -3.68. The van der Waals surface area contributed by atoms with Crippen LogP contribution in [0.15, 0.2) is 91.0 Å². The van der Waals surface area contributed by atoms with Gasteiger partial charge in [-0.05, 0) is 61.4 Å². The van der Waals surface area contributed by atoms with Gasteiger partial charge in [-0.3, -0.25) is 24.2 Å². The molecule has 4 aromatic rings. The molecule has 7 rings (SSSR count). The number of benzene rings is 3. The Kier molecular flexibility index (Phi) is 9.44. The van der Waals surface area contributed by atoms with Crippen LogP contribution in [0.1, 0.15) is 52.0 Å². The molecule has 2 N–H and O–H groups in total. The number of carbonyl (C=O) groups excluding carboxylic acids is 3. The smallest absolute Gasteiger partial charge is 0.378 e. The van der Waals surface area contributed by atoms with Crippen molar-refractivity contribution in [2.45, 2.75) is 50.1 Å². The van der Waals surface area contributed by atoms with E-state index in [1.54, 1.807) is 23.7 Å². The molecule has 52 heavy (non-hydrogen) atoms. The van der Waals surface area contributed by atoms with E-state index in [9.17, 15) is 31.9 Å². The van der Waals surface area contributed by atoms with Crippen LogP contribution in [-0.4, -0.2) is 76.8 Å². The van der Waals surface area contributed by atoms with Crippen molar-refractivity contribution in [2.24, 2.45) is 0 Å². The highest BCUT2D eigenvalue weighted by atomic mass is 19.4. The van der Waals surface area contributed by atoms with Crippen molar-refractivity contribution >= 4 is 23.5 Å². The van der Waals surface area contributed by atoms with E-state index in [2.05, 4.69) is 22.1 Å². The van der Waals surface area contributed by atoms with Gasteiger partial charge in [0.25, 0.3) is 11.8 Å². The zero-order valence-electron chi connectivity index (χ0n) is 28.2. The first-order valence-corrected chi connectivity index (χ1v) is 17.0. The number of nitrogens with one attached hydrogen (secondary N) is 2. The Bertz CT molecular complexity index is 2000. The van der Waals surface area contributed by atoms with Crippen molar-refractivity contribution in [1.82, 2.24) is 25.3 Å². The van der Waals surface area contributed by atoms with Crippen LogP contribution in [0, 0.1) is 5.82 Å². The van der Waals surface area contributed by atoms with E-state index >= 15 is 0 Å². The fraction of sp³-hybridized carbons (Fsp3) is 0.316. The fourth-order valence-corrected chi connectivity index (χ4v) is 7.30. The summed E-state index contributed by atoms with van der Waals surface area (Å²) in [5.74, 6) is -2.97. The van der Waals surface area contributed by atoms with Gasteiger partial charge in [0, 0.05) is 47.8 Å². The minimum absolute atomic E-state index is 0.0896. The number of anilines is 1. The quantitative estimate of drug-likeness (QED) is 0.177. The third-order valence-corrected chi connectivity index (χ3v) is 9.90. The molecule has 2 fully saturated rings. The van der Waals surface area contributed by atoms with Crippen LogP contribution in [0.25, 0.3) is 5.69 Å². The summed E-state index contributed by atoms with van der Waals surface area (Å²) in [5.41, 5.74) is 0.953. The molecule has 14 heteroatoms. The van der Waals surface area contributed by atoms with Crippen molar-refractivity contribution in [3.05, 3.63) is 125 Å². The molecule has 0 aliphatic carbocycles. The lowest BCUT2D eigenvalue weighted by Crippen LogP contribution is -2.64. The Labute approximate surface area is 297 Å². The maximum absolute atomic E-state index is 14.5. The molecule has 0 saturated carbocycles. The standard InChI is InChI=1S/C38H36F4N6O4/c1-3-46-36-32(30(45-48(36)27-10-5-4-6-11-27)18-43-34(49)22(2)19-47-28-17-29(47)21-52-20-28)31(23-12-14-26(39)15-13-23)33(37(46)51)44-35(50)24-8-7-9-25(16-24)38(40,41)42/h4-16,28-29,31,33H,2-3,17-21H2,1H3,(H,43,49)(H,44,50). The number of rotatable bonds is 10.